The van der Waals surface area contributed by atoms with Gasteiger partial charge in [0.1, 0.15) is 31.0 Å². The molecule has 0 spiro atoms. The third-order valence-corrected chi connectivity index (χ3v) is 3.08. The Morgan fingerprint density at radius 2 is 1.70 bits per heavy atom. The first kappa shape index (κ1) is 14.9. The Labute approximate surface area is 115 Å². The van der Waals surface area contributed by atoms with Gasteiger partial charge in [0.15, 0.2) is 6.29 Å². The molecule has 1 aromatic rings. The summed E-state index contributed by atoms with van der Waals surface area (Å²) in [6, 6.07) is 8.22. The fourth-order valence-electron chi connectivity index (χ4n) is 1.88. The van der Waals surface area contributed by atoms with Crippen molar-refractivity contribution in [3.63, 3.8) is 0 Å². The van der Waals surface area contributed by atoms with Gasteiger partial charge < -0.3 is 29.9 Å². The van der Waals surface area contributed by atoms with Crippen LogP contribution in [0.15, 0.2) is 30.3 Å². The Hall–Kier alpha value is -1.51. The van der Waals surface area contributed by atoms with Crippen LogP contribution in [0.3, 0.4) is 0 Å². The molecule has 5 atom stereocenters. The number of aliphatic hydroxyl groups is 4. The Balaban J connectivity index is 1.92. The minimum atomic E-state index is -1.64. The fourth-order valence-corrected chi connectivity index (χ4v) is 1.88. The largest absolute Gasteiger partial charge is 0.459 e. The lowest BCUT2D eigenvalue weighted by Crippen LogP contribution is -2.58. The molecule has 1 aliphatic heterocycles. The van der Waals surface area contributed by atoms with Crippen molar-refractivity contribution in [3.05, 3.63) is 35.9 Å². The highest BCUT2D eigenvalue weighted by Gasteiger charge is 2.43. The Bertz CT molecular complexity index is 449. The van der Waals surface area contributed by atoms with Crippen molar-refractivity contribution in [2.24, 2.45) is 0 Å². The average molecular weight is 284 g/mol. The van der Waals surface area contributed by atoms with Gasteiger partial charge in [0, 0.05) is 0 Å². The van der Waals surface area contributed by atoms with Gasteiger partial charge in [-0.1, -0.05) is 18.2 Å². The van der Waals surface area contributed by atoms with E-state index in [1.54, 1.807) is 30.3 Å². The van der Waals surface area contributed by atoms with Crippen LogP contribution in [0.5, 0.6) is 0 Å². The molecule has 1 heterocycles. The topological polar surface area (TPSA) is 116 Å². The van der Waals surface area contributed by atoms with E-state index in [-0.39, 0.29) is 6.61 Å². The number of esters is 1. The van der Waals surface area contributed by atoms with Crippen LogP contribution in [0.4, 0.5) is 0 Å². The summed E-state index contributed by atoms with van der Waals surface area (Å²) in [6.07, 6.45) is -7.40. The summed E-state index contributed by atoms with van der Waals surface area (Å²) >= 11 is 0. The highest BCUT2D eigenvalue weighted by atomic mass is 16.6. The van der Waals surface area contributed by atoms with Crippen LogP contribution in [0.1, 0.15) is 10.4 Å². The van der Waals surface area contributed by atoms with E-state index in [1.807, 2.05) is 0 Å². The molecule has 4 N–H and O–H groups in total. The van der Waals surface area contributed by atoms with Crippen molar-refractivity contribution < 1.29 is 34.7 Å². The van der Waals surface area contributed by atoms with Crippen LogP contribution in [0.25, 0.3) is 0 Å². The summed E-state index contributed by atoms with van der Waals surface area (Å²) in [7, 11) is 0. The zero-order chi connectivity index (χ0) is 14.7. The highest BCUT2D eigenvalue weighted by Crippen LogP contribution is 2.20. The Morgan fingerprint density at radius 1 is 1.05 bits per heavy atom. The molecule has 1 aliphatic rings. The lowest BCUT2D eigenvalue weighted by molar-refractivity contribution is -0.286. The Kier molecular flexibility index (Phi) is 4.69. The van der Waals surface area contributed by atoms with Crippen LogP contribution < -0.4 is 0 Å². The molecule has 5 unspecified atom stereocenters. The quantitative estimate of drug-likeness (QED) is 0.507. The number of carbonyl (C=O) groups excluding carboxylic acids is 1. The summed E-state index contributed by atoms with van der Waals surface area (Å²) in [5, 5.41) is 37.8. The van der Waals surface area contributed by atoms with Crippen LogP contribution in [0, 0.1) is 0 Å². The van der Waals surface area contributed by atoms with Crippen molar-refractivity contribution >= 4 is 5.97 Å². The SMILES string of the molecule is O=C(OCC1OC(O)C(O)C(O)C1O)c1ccccc1. The first-order valence-corrected chi connectivity index (χ1v) is 6.10. The van der Waals surface area contributed by atoms with Gasteiger partial charge in [0.2, 0.25) is 0 Å². The molecule has 20 heavy (non-hydrogen) atoms. The van der Waals surface area contributed by atoms with Crippen molar-refractivity contribution in [1.82, 2.24) is 0 Å². The van der Waals surface area contributed by atoms with E-state index >= 15 is 0 Å². The molecule has 0 aliphatic carbocycles. The minimum Gasteiger partial charge on any atom is -0.459 e. The van der Waals surface area contributed by atoms with Gasteiger partial charge in [0.05, 0.1) is 5.56 Å². The molecule has 1 saturated heterocycles. The standard InChI is InChI=1S/C13H16O7/c14-9-8(20-13(18)11(16)10(9)15)6-19-12(17)7-4-2-1-3-5-7/h1-5,8-11,13-16,18H,6H2. The van der Waals surface area contributed by atoms with Gasteiger partial charge in [-0.15, -0.1) is 0 Å². The summed E-state index contributed by atoms with van der Waals surface area (Å²) in [6.45, 7) is -0.351. The van der Waals surface area contributed by atoms with Crippen molar-refractivity contribution in [2.75, 3.05) is 6.61 Å². The summed E-state index contributed by atoms with van der Waals surface area (Å²) in [5.41, 5.74) is 0.332. The van der Waals surface area contributed by atoms with Gasteiger partial charge >= 0.3 is 5.97 Å². The third kappa shape index (κ3) is 3.14. The molecule has 0 aromatic heterocycles. The van der Waals surface area contributed by atoms with Crippen LogP contribution >= 0.6 is 0 Å². The van der Waals surface area contributed by atoms with Crippen molar-refractivity contribution in [1.29, 1.82) is 0 Å². The second kappa shape index (κ2) is 6.29. The normalized spacial score (nSPS) is 33.7. The number of carbonyl (C=O) groups is 1. The van der Waals surface area contributed by atoms with E-state index in [9.17, 15) is 25.2 Å². The number of ether oxygens (including phenoxy) is 2. The Morgan fingerprint density at radius 3 is 2.35 bits per heavy atom. The lowest BCUT2D eigenvalue weighted by Gasteiger charge is -2.37. The van der Waals surface area contributed by atoms with E-state index in [0.717, 1.165) is 0 Å². The van der Waals surface area contributed by atoms with E-state index in [2.05, 4.69) is 0 Å². The molecule has 1 fully saturated rings. The van der Waals surface area contributed by atoms with Gasteiger partial charge in [0.25, 0.3) is 0 Å². The van der Waals surface area contributed by atoms with Gasteiger partial charge in [-0.05, 0) is 12.1 Å². The maximum atomic E-state index is 11.7. The van der Waals surface area contributed by atoms with E-state index in [0.29, 0.717) is 5.56 Å². The molecule has 7 heteroatoms. The number of rotatable bonds is 3. The molecule has 0 radical (unpaired) electrons. The lowest BCUT2D eigenvalue weighted by atomic mass is 9.99. The number of benzene rings is 1. The first-order valence-electron chi connectivity index (χ1n) is 6.10. The van der Waals surface area contributed by atoms with Crippen molar-refractivity contribution in [3.8, 4) is 0 Å². The van der Waals surface area contributed by atoms with E-state index in [4.69, 9.17) is 9.47 Å². The predicted molar refractivity (Wildman–Crippen MR) is 65.6 cm³/mol. The molecular formula is C13H16O7. The van der Waals surface area contributed by atoms with Gasteiger partial charge in [-0.3, -0.25) is 0 Å². The van der Waals surface area contributed by atoms with Crippen LogP contribution in [0.2, 0.25) is 0 Å². The summed E-state index contributed by atoms with van der Waals surface area (Å²) in [5.74, 6) is -0.614. The maximum Gasteiger partial charge on any atom is 0.338 e. The number of aliphatic hydroxyl groups excluding tert-OH is 4. The van der Waals surface area contributed by atoms with Crippen molar-refractivity contribution in [2.45, 2.75) is 30.7 Å². The average Bonchev–Trinajstić information content (AvgIpc) is 2.48. The molecule has 110 valence electrons. The van der Waals surface area contributed by atoms with Crippen LogP contribution in [-0.2, 0) is 9.47 Å². The summed E-state index contributed by atoms with van der Waals surface area (Å²) in [4.78, 5) is 11.7. The fraction of sp³-hybridized carbons (Fsp3) is 0.462. The van der Waals surface area contributed by atoms with Gasteiger partial charge in [-0.2, -0.15) is 0 Å². The predicted octanol–water partition coefficient (Wildman–Crippen LogP) is -1.36. The smallest absolute Gasteiger partial charge is 0.338 e. The summed E-state index contributed by atoms with van der Waals surface area (Å²) < 4.78 is 9.83. The molecule has 1 aromatic carbocycles. The van der Waals surface area contributed by atoms with Crippen LogP contribution in [-0.4, -0.2) is 63.7 Å². The van der Waals surface area contributed by atoms with Gasteiger partial charge in [-0.25, -0.2) is 4.79 Å². The molecule has 0 amide bonds. The number of hydrogen-bond donors (Lipinski definition) is 4. The molecule has 0 saturated carbocycles. The monoisotopic (exact) mass is 284 g/mol. The molecule has 2 rings (SSSR count). The third-order valence-electron chi connectivity index (χ3n) is 3.08. The minimum absolute atomic E-state index is 0.332. The highest BCUT2D eigenvalue weighted by molar-refractivity contribution is 5.89. The number of hydrogen-bond acceptors (Lipinski definition) is 7. The molecule has 7 nitrogen and oxygen atoms in total. The zero-order valence-corrected chi connectivity index (χ0v) is 10.5. The molecular weight excluding hydrogens is 268 g/mol. The molecule has 0 bridgehead atoms. The van der Waals surface area contributed by atoms with E-state index in [1.165, 1.54) is 0 Å². The second-order valence-electron chi connectivity index (χ2n) is 4.50. The zero-order valence-electron chi connectivity index (χ0n) is 10.5. The maximum absolute atomic E-state index is 11.7. The van der Waals surface area contributed by atoms with E-state index < -0.39 is 36.7 Å². The first-order chi connectivity index (χ1) is 9.50. The second-order valence-corrected chi connectivity index (χ2v) is 4.50.